The third-order valence-electron chi connectivity index (χ3n) is 3.54. The Morgan fingerprint density at radius 2 is 2.26 bits per heavy atom. The molecule has 1 aliphatic heterocycles. The number of rotatable bonds is 3. The summed E-state index contributed by atoms with van der Waals surface area (Å²) in [5.74, 6) is 0.136. The Hall–Kier alpha value is -1.26. The molecule has 1 atom stereocenters. The van der Waals surface area contributed by atoms with Crippen LogP contribution in [0.5, 0.6) is 0 Å². The lowest BCUT2D eigenvalue weighted by molar-refractivity contribution is -0.129. The second-order valence-corrected chi connectivity index (χ2v) is 5.48. The molecule has 1 aromatic carbocycles. The quantitative estimate of drug-likeness (QED) is 0.920. The number of nitrogens with two attached hydrogens (primary N) is 1. The monoisotopic (exact) mass is 281 g/mol. The van der Waals surface area contributed by atoms with E-state index in [0.29, 0.717) is 11.6 Å². The van der Waals surface area contributed by atoms with E-state index in [1.54, 1.807) is 19.0 Å². The summed E-state index contributed by atoms with van der Waals surface area (Å²) >= 11 is 6.32. The lowest BCUT2D eigenvalue weighted by Crippen LogP contribution is -2.42. The van der Waals surface area contributed by atoms with Gasteiger partial charge in [0.1, 0.15) is 6.04 Å². The van der Waals surface area contributed by atoms with Crippen LogP contribution in [0.3, 0.4) is 0 Å². The van der Waals surface area contributed by atoms with Crippen LogP contribution in [0.25, 0.3) is 0 Å². The van der Waals surface area contributed by atoms with Crippen LogP contribution in [0.15, 0.2) is 18.2 Å². The number of anilines is 1. The SMILES string of the molecule is CN(C)C(=O)C1CCCN1c1ccc(CN)cc1Cl. The maximum atomic E-state index is 12.2. The Balaban J connectivity index is 2.27. The summed E-state index contributed by atoms with van der Waals surface area (Å²) in [5, 5.41) is 0.668. The molecule has 2 N–H and O–H groups in total. The van der Waals surface area contributed by atoms with Crippen LogP contribution < -0.4 is 10.6 Å². The molecule has 0 saturated carbocycles. The highest BCUT2D eigenvalue weighted by atomic mass is 35.5. The van der Waals surface area contributed by atoms with Gasteiger partial charge in [-0.3, -0.25) is 4.79 Å². The van der Waals surface area contributed by atoms with Crippen LogP contribution in [0.1, 0.15) is 18.4 Å². The number of carbonyl (C=O) groups is 1. The molecule has 1 saturated heterocycles. The van der Waals surface area contributed by atoms with Gasteiger partial charge in [-0.05, 0) is 30.5 Å². The van der Waals surface area contributed by atoms with Crippen molar-refractivity contribution in [1.29, 1.82) is 0 Å². The van der Waals surface area contributed by atoms with Crippen LogP contribution in [-0.2, 0) is 11.3 Å². The molecule has 5 heteroatoms. The smallest absolute Gasteiger partial charge is 0.244 e. The lowest BCUT2D eigenvalue weighted by atomic mass is 10.1. The minimum absolute atomic E-state index is 0.101. The van der Waals surface area contributed by atoms with Gasteiger partial charge in [-0.15, -0.1) is 0 Å². The Kier molecular flexibility index (Phi) is 4.32. The third kappa shape index (κ3) is 2.85. The number of hydrogen-bond acceptors (Lipinski definition) is 3. The van der Waals surface area contributed by atoms with E-state index in [2.05, 4.69) is 4.90 Å². The van der Waals surface area contributed by atoms with Crippen molar-refractivity contribution in [1.82, 2.24) is 4.90 Å². The molecule has 0 spiro atoms. The van der Waals surface area contributed by atoms with Gasteiger partial charge >= 0.3 is 0 Å². The van der Waals surface area contributed by atoms with Crippen molar-refractivity contribution in [3.05, 3.63) is 28.8 Å². The fourth-order valence-corrected chi connectivity index (χ4v) is 2.83. The first-order chi connectivity index (χ1) is 9.04. The fourth-order valence-electron chi connectivity index (χ4n) is 2.52. The number of likely N-dealkylation sites (N-methyl/N-ethyl adjacent to an activating group) is 1. The van der Waals surface area contributed by atoms with Crippen LogP contribution in [0.2, 0.25) is 5.02 Å². The van der Waals surface area contributed by atoms with E-state index < -0.39 is 0 Å². The molecule has 104 valence electrons. The lowest BCUT2D eigenvalue weighted by Gasteiger charge is -2.28. The average Bonchev–Trinajstić information content (AvgIpc) is 2.86. The number of carbonyl (C=O) groups excluding carboxylic acids is 1. The first-order valence-corrected chi connectivity index (χ1v) is 6.88. The molecule has 0 radical (unpaired) electrons. The highest BCUT2D eigenvalue weighted by molar-refractivity contribution is 6.33. The van der Waals surface area contributed by atoms with Gasteiger partial charge in [0.05, 0.1) is 10.7 Å². The molecule has 2 rings (SSSR count). The molecule has 19 heavy (non-hydrogen) atoms. The van der Waals surface area contributed by atoms with E-state index >= 15 is 0 Å². The normalized spacial score (nSPS) is 18.7. The molecular formula is C14H20ClN3O. The van der Waals surface area contributed by atoms with Crippen LogP contribution in [0, 0.1) is 0 Å². The Morgan fingerprint density at radius 3 is 2.84 bits per heavy atom. The van der Waals surface area contributed by atoms with Crippen molar-refractivity contribution in [2.75, 3.05) is 25.5 Å². The van der Waals surface area contributed by atoms with Gasteiger partial charge in [0.15, 0.2) is 0 Å². The highest BCUT2D eigenvalue weighted by Gasteiger charge is 2.32. The van der Waals surface area contributed by atoms with Crippen molar-refractivity contribution < 1.29 is 4.79 Å². The molecule has 1 heterocycles. The standard InChI is InChI=1S/C14H20ClN3O/c1-17(2)14(19)13-4-3-7-18(13)12-6-5-10(9-16)8-11(12)15/h5-6,8,13H,3-4,7,9,16H2,1-2H3. The van der Waals surface area contributed by atoms with Crippen molar-refractivity contribution in [2.45, 2.75) is 25.4 Å². The van der Waals surface area contributed by atoms with Crippen LogP contribution in [0.4, 0.5) is 5.69 Å². The van der Waals surface area contributed by atoms with E-state index in [-0.39, 0.29) is 11.9 Å². The zero-order chi connectivity index (χ0) is 14.0. The van der Waals surface area contributed by atoms with Gasteiger partial charge in [0.25, 0.3) is 0 Å². The summed E-state index contributed by atoms with van der Waals surface area (Å²) in [5.41, 5.74) is 7.54. The molecule has 0 bridgehead atoms. The van der Waals surface area contributed by atoms with E-state index in [4.69, 9.17) is 17.3 Å². The average molecular weight is 282 g/mol. The maximum absolute atomic E-state index is 12.2. The number of hydrogen-bond donors (Lipinski definition) is 1. The molecule has 1 fully saturated rings. The largest absolute Gasteiger partial charge is 0.358 e. The predicted octanol–water partition coefficient (Wildman–Crippen LogP) is 1.86. The zero-order valence-corrected chi connectivity index (χ0v) is 12.2. The summed E-state index contributed by atoms with van der Waals surface area (Å²) in [6.45, 7) is 1.34. The summed E-state index contributed by atoms with van der Waals surface area (Å²) in [4.78, 5) is 15.9. The molecule has 1 amide bonds. The van der Waals surface area contributed by atoms with Gasteiger partial charge in [-0.1, -0.05) is 17.7 Å². The van der Waals surface area contributed by atoms with Gasteiger partial charge in [-0.25, -0.2) is 0 Å². The molecule has 0 aliphatic carbocycles. The third-order valence-corrected chi connectivity index (χ3v) is 3.84. The van der Waals surface area contributed by atoms with Gasteiger partial charge in [0.2, 0.25) is 5.91 Å². The summed E-state index contributed by atoms with van der Waals surface area (Å²) in [6.07, 6.45) is 1.89. The molecule has 1 aromatic rings. The molecule has 0 aromatic heterocycles. The second-order valence-electron chi connectivity index (χ2n) is 5.07. The summed E-state index contributed by atoms with van der Waals surface area (Å²) in [6, 6.07) is 5.71. The van der Waals surface area contributed by atoms with E-state index in [1.807, 2.05) is 18.2 Å². The van der Waals surface area contributed by atoms with Crippen molar-refractivity contribution >= 4 is 23.2 Å². The first kappa shape index (κ1) is 14.2. The minimum atomic E-state index is -0.101. The Morgan fingerprint density at radius 1 is 1.53 bits per heavy atom. The van der Waals surface area contributed by atoms with E-state index in [9.17, 15) is 4.79 Å². The Labute approximate surface area is 119 Å². The number of benzene rings is 1. The van der Waals surface area contributed by atoms with E-state index in [0.717, 1.165) is 30.6 Å². The first-order valence-electron chi connectivity index (χ1n) is 6.51. The predicted molar refractivity (Wildman–Crippen MR) is 78.4 cm³/mol. The number of halogens is 1. The topological polar surface area (TPSA) is 49.6 Å². The van der Waals surface area contributed by atoms with Gasteiger partial charge < -0.3 is 15.5 Å². The summed E-state index contributed by atoms with van der Waals surface area (Å²) in [7, 11) is 3.58. The maximum Gasteiger partial charge on any atom is 0.244 e. The summed E-state index contributed by atoms with van der Waals surface area (Å²) < 4.78 is 0. The van der Waals surface area contributed by atoms with Crippen LogP contribution in [-0.4, -0.2) is 37.5 Å². The molecule has 4 nitrogen and oxygen atoms in total. The molecule has 1 aliphatic rings. The van der Waals surface area contributed by atoms with Crippen molar-refractivity contribution in [2.24, 2.45) is 5.73 Å². The second kappa shape index (κ2) is 5.80. The highest BCUT2D eigenvalue weighted by Crippen LogP contribution is 2.33. The number of amides is 1. The van der Waals surface area contributed by atoms with Gasteiger partial charge in [0, 0.05) is 27.2 Å². The van der Waals surface area contributed by atoms with E-state index in [1.165, 1.54) is 0 Å². The Bertz CT molecular complexity index is 476. The van der Waals surface area contributed by atoms with Crippen LogP contribution >= 0.6 is 11.6 Å². The minimum Gasteiger partial charge on any atom is -0.358 e. The number of nitrogens with zero attached hydrogens (tertiary/aromatic N) is 2. The molecular weight excluding hydrogens is 262 g/mol. The molecule has 1 unspecified atom stereocenters. The fraction of sp³-hybridized carbons (Fsp3) is 0.500. The zero-order valence-electron chi connectivity index (χ0n) is 11.4. The van der Waals surface area contributed by atoms with Crippen molar-refractivity contribution in [3.8, 4) is 0 Å². The van der Waals surface area contributed by atoms with Crippen molar-refractivity contribution in [3.63, 3.8) is 0 Å². The van der Waals surface area contributed by atoms with Gasteiger partial charge in [-0.2, -0.15) is 0 Å².